The van der Waals surface area contributed by atoms with E-state index in [0.29, 0.717) is 24.1 Å². The van der Waals surface area contributed by atoms with E-state index >= 15 is 0 Å². The molecule has 4 rings (SSSR count). The third-order valence-corrected chi connectivity index (χ3v) is 5.36. The third-order valence-electron chi connectivity index (χ3n) is 5.36. The average Bonchev–Trinajstić information content (AvgIpc) is 3.22. The van der Waals surface area contributed by atoms with Crippen LogP contribution in [0.15, 0.2) is 71.8 Å². The summed E-state index contributed by atoms with van der Waals surface area (Å²) >= 11 is 0. The minimum atomic E-state index is -0.597. The summed E-state index contributed by atoms with van der Waals surface area (Å²) in [7, 11) is 0. The van der Waals surface area contributed by atoms with Crippen LogP contribution in [0.3, 0.4) is 0 Å². The highest BCUT2D eigenvalue weighted by Gasteiger charge is 2.09. The quantitative estimate of drug-likeness (QED) is 0.407. The molecule has 0 radical (unpaired) electrons. The van der Waals surface area contributed by atoms with Gasteiger partial charge in [-0.25, -0.2) is 0 Å². The zero-order valence-corrected chi connectivity index (χ0v) is 17.7. The number of rotatable bonds is 7. The van der Waals surface area contributed by atoms with Crippen LogP contribution in [-0.2, 0) is 17.8 Å². The number of amides is 2. The van der Waals surface area contributed by atoms with Gasteiger partial charge >= 0.3 is 0 Å². The van der Waals surface area contributed by atoms with Crippen molar-refractivity contribution in [3.8, 4) is 17.2 Å². The number of aromatic amines is 1. The fourth-order valence-corrected chi connectivity index (χ4v) is 3.65. The maximum absolute atomic E-state index is 12.5. The lowest BCUT2D eigenvalue weighted by molar-refractivity contribution is -0.118. The number of fused-ring (bicyclic) bond motifs is 1. The maximum Gasteiger partial charge on any atom is 0.251 e. The molecule has 0 bridgehead atoms. The van der Waals surface area contributed by atoms with Crippen LogP contribution in [0.4, 0.5) is 0 Å². The van der Waals surface area contributed by atoms with Gasteiger partial charge in [0.05, 0.1) is 5.56 Å². The normalized spacial score (nSPS) is 10.6. The van der Waals surface area contributed by atoms with Crippen molar-refractivity contribution in [3.63, 3.8) is 0 Å². The molecule has 164 valence electrons. The van der Waals surface area contributed by atoms with Gasteiger partial charge in [0.2, 0.25) is 5.91 Å². The second-order valence-corrected chi connectivity index (χ2v) is 7.63. The maximum atomic E-state index is 12.5. The van der Waals surface area contributed by atoms with Gasteiger partial charge in [-0.1, -0.05) is 18.2 Å². The lowest BCUT2D eigenvalue weighted by Crippen LogP contribution is -2.27. The Morgan fingerprint density at radius 2 is 1.82 bits per heavy atom. The van der Waals surface area contributed by atoms with E-state index in [1.807, 2.05) is 18.2 Å². The van der Waals surface area contributed by atoms with Crippen LogP contribution in [0.1, 0.15) is 21.5 Å². The number of hydrogen-bond acceptors (Lipinski definition) is 4. The molecular formula is C25H21N5O3. The molecule has 0 atom stereocenters. The average molecular weight is 439 g/mol. The van der Waals surface area contributed by atoms with E-state index in [1.165, 1.54) is 10.6 Å². The zero-order chi connectivity index (χ0) is 23.4. The van der Waals surface area contributed by atoms with E-state index in [1.54, 1.807) is 42.7 Å². The summed E-state index contributed by atoms with van der Waals surface area (Å²) in [4.78, 5) is 38.6. The Kier molecular flexibility index (Phi) is 6.04. The fraction of sp³-hybridized carbons (Fsp3) is 0.120. The van der Waals surface area contributed by atoms with Crippen molar-refractivity contribution in [3.05, 3.63) is 94.0 Å². The first-order chi connectivity index (χ1) is 15.9. The number of H-pyrrole nitrogens is 1. The smallest absolute Gasteiger partial charge is 0.251 e. The number of hydrogen-bond donors (Lipinski definition) is 3. The highest BCUT2D eigenvalue weighted by atomic mass is 16.2. The minimum absolute atomic E-state index is 0.192. The number of benzene rings is 2. The Balaban J connectivity index is 1.39. The Labute approximate surface area is 189 Å². The second-order valence-electron chi connectivity index (χ2n) is 7.63. The van der Waals surface area contributed by atoms with Crippen molar-refractivity contribution >= 4 is 22.7 Å². The first kappa shape index (κ1) is 21.6. The van der Waals surface area contributed by atoms with E-state index in [-0.39, 0.29) is 18.0 Å². The molecule has 8 nitrogen and oxygen atoms in total. The highest BCUT2D eigenvalue weighted by molar-refractivity contribution is 5.94. The fourth-order valence-electron chi connectivity index (χ4n) is 3.65. The van der Waals surface area contributed by atoms with Crippen LogP contribution in [0.5, 0.6) is 0 Å². The van der Waals surface area contributed by atoms with Crippen LogP contribution in [-0.4, -0.2) is 27.9 Å². The van der Waals surface area contributed by atoms with Crippen molar-refractivity contribution in [2.24, 2.45) is 5.73 Å². The van der Waals surface area contributed by atoms with Gasteiger partial charge in [-0.2, -0.15) is 5.26 Å². The molecule has 0 fully saturated rings. The number of primary amides is 1. The Morgan fingerprint density at radius 3 is 2.55 bits per heavy atom. The van der Waals surface area contributed by atoms with Crippen molar-refractivity contribution < 1.29 is 9.59 Å². The number of nitrogens with two attached hydrogens (primary N) is 1. The second kappa shape index (κ2) is 9.24. The zero-order valence-electron chi connectivity index (χ0n) is 17.7. The van der Waals surface area contributed by atoms with Gasteiger partial charge < -0.3 is 20.6 Å². The van der Waals surface area contributed by atoms with Crippen LogP contribution >= 0.6 is 0 Å². The number of aromatic nitrogens is 2. The topological polar surface area (TPSA) is 134 Å². The molecule has 2 heterocycles. The summed E-state index contributed by atoms with van der Waals surface area (Å²) in [6.45, 7) is 0.262. The van der Waals surface area contributed by atoms with Crippen LogP contribution in [0.25, 0.3) is 22.0 Å². The number of pyridine rings is 1. The molecule has 33 heavy (non-hydrogen) atoms. The minimum Gasteiger partial charge on any atom is -0.368 e. The molecule has 4 N–H and O–H groups in total. The summed E-state index contributed by atoms with van der Waals surface area (Å²) in [6, 6.07) is 18.0. The molecule has 0 aliphatic heterocycles. The van der Waals surface area contributed by atoms with E-state index in [0.717, 1.165) is 27.6 Å². The monoisotopic (exact) mass is 439 g/mol. The lowest BCUT2D eigenvalue weighted by Gasteiger charge is -2.09. The van der Waals surface area contributed by atoms with Crippen LogP contribution in [0, 0.1) is 11.3 Å². The van der Waals surface area contributed by atoms with Gasteiger partial charge in [-0.05, 0) is 53.4 Å². The number of nitrogens with one attached hydrogen (secondary N) is 2. The number of nitrogens with zero attached hydrogens (tertiary/aromatic N) is 2. The summed E-state index contributed by atoms with van der Waals surface area (Å²) in [5.41, 5.74) is 9.46. The van der Waals surface area contributed by atoms with Crippen LogP contribution in [0.2, 0.25) is 0 Å². The van der Waals surface area contributed by atoms with E-state index in [4.69, 9.17) is 5.73 Å². The van der Waals surface area contributed by atoms with Gasteiger partial charge in [0.15, 0.2) is 0 Å². The molecule has 0 aliphatic rings. The standard InChI is InChI=1S/C25H21N5O3/c26-12-20-13-29-22-7-1-16(11-21(20)22)9-10-28-25(33)18-4-2-17(3-5-18)19-6-8-24(32)30(14-19)15-23(27)31/h1-8,11,13-14,29H,9-10,15H2,(H2,27,31)(H,28,33). The molecule has 0 unspecified atom stereocenters. The molecule has 0 spiro atoms. The first-order valence-electron chi connectivity index (χ1n) is 10.3. The van der Waals surface area contributed by atoms with Gasteiger partial charge in [-0.15, -0.1) is 0 Å². The van der Waals surface area contributed by atoms with Crippen molar-refractivity contribution in [2.75, 3.05) is 6.54 Å². The van der Waals surface area contributed by atoms with Gasteiger partial charge in [0.25, 0.3) is 11.5 Å². The number of carbonyl (C=O) groups excluding carboxylic acids is 2. The molecule has 0 saturated carbocycles. The van der Waals surface area contributed by atoms with Crippen molar-refractivity contribution in [1.82, 2.24) is 14.9 Å². The first-order valence-corrected chi connectivity index (χ1v) is 10.3. The molecule has 4 aromatic rings. The van der Waals surface area contributed by atoms with E-state index < -0.39 is 5.91 Å². The van der Waals surface area contributed by atoms with E-state index in [9.17, 15) is 19.6 Å². The van der Waals surface area contributed by atoms with Gasteiger partial charge in [-0.3, -0.25) is 14.4 Å². The SMILES string of the molecule is N#Cc1c[nH]c2ccc(CCNC(=O)c3ccc(-c4ccc(=O)n(CC(N)=O)c4)cc3)cc12. The summed E-state index contributed by atoms with van der Waals surface area (Å²) in [5, 5.41) is 13.0. The summed E-state index contributed by atoms with van der Waals surface area (Å²) in [6.07, 6.45) is 3.89. The third kappa shape index (κ3) is 4.83. The number of carbonyl (C=O) groups is 2. The molecule has 0 aliphatic carbocycles. The van der Waals surface area contributed by atoms with Gasteiger partial charge in [0, 0.05) is 41.5 Å². The Hall–Kier alpha value is -4.64. The van der Waals surface area contributed by atoms with Crippen molar-refractivity contribution in [2.45, 2.75) is 13.0 Å². The molecule has 2 aromatic heterocycles. The molecule has 8 heteroatoms. The molecule has 2 aromatic carbocycles. The molecule has 2 amide bonds. The number of nitriles is 1. The van der Waals surface area contributed by atoms with Crippen LogP contribution < -0.4 is 16.6 Å². The highest BCUT2D eigenvalue weighted by Crippen LogP contribution is 2.20. The summed E-state index contributed by atoms with van der Waals surface area (Å²) < 4.78 is 1.25. The predicted octanol–water partition coefficient (Wildman–Crippen LogP) is 2.33. The molecule has 0 saturated heterocycles. The predicted molar refractivity (Wildman–Crippen MR) is 124 cm³/mol. The molecular weight excluding hydrogens is 418 g/mol. The largest absolute Gasteiger partial charge is 0.368 e. The van der Waals surface area contributed by atoms with Gasteiger partial charge in [0.1, 0.15) is 12.6 Å². The Morgan fingerprint density at radius 1 is 1.06 bits per heavy atom. The summed E-state index contributed by atoms with van der Waals surface area (Å²) in [5.74, 6) is -0.791. The Bertz CT molecular complexity index is 1440. The lowest BCUT2D eigenvalue weighted by atomic mass is 10.0. The van der Waals surface area contributed by atoms with Crippen molar-refractivity contribution in [1.29, 1.82) is 5.26 Å². The van der Waals surface area contributed by atoms with E-state index in [2.05, 4.69) is 16.4 Å².